The molecule has 2 heterocycles. The van der Waals surface area contributed by atoms with Crippen molar-refractivity contribution in [3.63, 3.8) is 0 Å². The van der Waals surface area contributed by atoms with Crippen LogP contribution in [0.15, 0.2) is 16.5 Å². The lowest BCUT2D eigenvalue weighted by atomic mass is 10.1. The summed E-state index contributed by atoms with van der Waals surface area (Å²) in [6, 6.07) is 3.00. The maximum absolute atomic E-state index is 10.4. The van der Waals surface area contributed by atoms with E-state index >= 15 is 0 Å². The van der Waals surface area contributed by atoms with E-state index in [0.717, 1.165) is 26.0 Å². The fraction of sp³-hybridized carbons (Fsp3) is 0.667. The molecule has 1 aromatic rings. The van der Waals surface area contributed by atoms with Gasteiger partial charge < -0.3 is 14.5 Å². The summed E-state index contributed by atoms with van der Waals surface area (Å²) in [5.41, 5.74) is 0. The fourth-order valence-electron chi connectivity index (χ4n) is 2.07. The van der Waals surface area contributed by atoms with Gasteiger partial charge in [0.1, 0.15) is 10.7 Å². The molecule has 0 saturated carbocycles. The molecule has 1 aliphatic heterocycles. The minimum absolute atomic E-state index is 0.206. The van der Waals surface area contributed by atoms with Crippen LogP contribution in [0.3, 0.4) is 0 Å². The Balaban J connectivity index is 1.63. The molecule has 0 spiro atoms. The van der Waals surface area contributed by atoms with Gasteiger partial charge in [0.2, 0.25) is 0 Å². The SMILES string of the molecule is O=[N+]([O-])c1ccc(CNCCC2CCCCO2)o1. The van der Waals surface area contributed by atoms with Crippen LogP contribution in [-0.4, -0.2) is 24.2 Å². The predicted molar refractivity (Wildman–Crippen MR) is 65.3 cm³/mol. The number of furan rings is 1. The van der Waals surface area contributed by atoms with E-state index in [1.54, 1.807) is 6.07 Å². The van der Waals surface area contributed by atoms with Crippen LogP contribution in [0.5, 0.6) is 0 Å². The maximum Gasteiger partial charge on any atom is 0.433 e. The minimum Gasteiger partial charge on any atom is -0.404 e. The lowest BCUT2D eigenvalue weighted by molar-refractivity contribution is -0.402. The van der Waals surface area contributed by atoms with Gasteiger partial charge in [-0.25, -0.2) is 0 Å². The summed E-state index contributed by atoms with van der Waals surface area (Å²) in [6.45, 7) is 2.22. The van der Waals surface area contributed by atoms with Crippen molar-refractivity contribution in [2.75, 3.05) is 13.2 Å². The number of nitrogens with one attached hydrogen (secondary N) is 1. The Morgan fingerprint density at radius 3 is 3.00 bits per heavy atom. The zero-order chi connectivity index (χ0) is 12.8. The first-order chi connectivity index (χ1) is 8.75. The number of ether oxygens (including phenoxy) is 1. The van der Waals surface area contributed by atoms with Crippen molar-refractivity contribution in [3.8, 4) is 0 Å². The lowest BCUT2D eigenvalue weighted by Crippen LogP contribution is -2.25. The zero-order valence-corrected chi connectivity index (χ0v) is 10.3. The summed E-state index contributed by atoms with van der Waals surface area (Å²) in [7, 11) is 0. The number of rotatable bonds is 6. The van der Waals surface area contributed by atoms with Gasteiger partial charge in [-0.3, -0.25) is 10.1 Å². The Hall–Kier alpha value is -1.40. The third-order valence-corrected chi connectivity index (χ3v) is 3.04. The molecule has 6 heteroatoms. The Morgan fingerprint density at radius 2 is 2.33 bits per heavy atom. The molecule has 1 aliphatic rings. The number of nitro groups is 1. The molecule has 1 atom stereocenters. The third-order valence-electron chi connectivity index (χ3n) is 3.04. The van der Waals surface area contributed by atoms with Crippen molar-refractivity contribution in [1.29, 1.82) is 0 Å². The van der Waals surface area contributed by atoms with Gasteiger partial charge in [-0.15, -0.1) is 0 Å². The second-order valence-corrected chi connectivity index (χ2v) is 4.45. The molecule has 1 unspecified atom stereocenters. The lowest BCUT2D eigenvalue weighted by Gasteiger charge is -2.22. The van der Waals surface area contributed by atoms with Gasteiger partial charge in [0.15, 0.2) is 0 Å². The molecule has 2 rings (SSSR count). The van der Waals surface area contributed by atoms with Crippen LogP contribution in [0.25, 0.3) is 0 Å². The largest absolute Gasteiger partial charge is 0.433 e. The van der Waals surface area contributed by atoms with E-state index in [2.05, 4.69) is 5.32 Å². The molecule has 0 bridgehead atoms. The molecule has 1 aromatic heterocycles. The Kier molecular flexibility index (Phi) is 4.72. The van der Waals surface area contributed by atoms with Gasteiger partial charge in [-0.2, -0.15) is 0 Å². The average Bonchev–Trinajstić information content (AvgIpc) is 2.85. The van der Waals surface area contributed by atoms with Gasteiger partial charge in [-0.1, -0.05) is 0 Å². The molecule has 6 nitrogen and oxygen atoms in total. The van der Waals surface area contributed by atoms with E-state index in [4.69, 9.17) is 9.15 Å². The van der Waals surface area contributed by atoms with Crippen LogP contribution in [0.4, 0.5) is 5.88 Å². The molecule has 0 aliphatic carbocycles. The molecular formula is C12H18N2O4. The van der Waals surface area contributed by atoms with E-state index in [1.165, 1.54) is 18.9 Å². The molecule has 1 fully saturated rings. The highest BCUT2D eigenvalue weighted by Gasteiger charge is 2.14. The predicted octanol–water partition coefficient (Wildman–Crippen LogP) is 2.24. The van der Waals surface area contributed by atoms with Crippen molar-refractivity contribution >= 4 is 5.88 Å². The fourth-order valence-corrected chi connectivity index (χ4v) is 2.07. The molecule has 1 saturated heterocycles. The maximum atomic E-state index is 10.4. The van der Waals surface area contributed by atoms with Crippen LogP contribution in [0.1, 0.15) is 31.4 Å². The highest BCUT2D eigenvalue weighted by atomic mass is 16.6. The summed E-state index contributed by atoms with van der Waals surface area (Å²) >= 11 is 0. The van der Waals surface area contributed by atoms with Crippen molar-refractivity contribution in [3.05, 3.63) is 28.0 Å². The molecule has 100 valence electrons. The normalized spacial score (nSPS) is 19.9. The van der Waals surface area contributed by atoms with Crippen LogP contribution in [0.2, 0.25) is 0 Å². The van der Waals surface area contributed by atoms with Crippen molar-refractivity contribution in [2.45, 2.75) is 38.3 Å². The quantitative estimate of drug-likeness (QED) is 0.478. The van der Waals surface area contributed by atoms with E-state index in [0.29, 0.717) is 18.4 Å². The molecule has 0 radical (unpaired) electrons. The smallest absolute Gasteiger partial charge is 0.404 e. The van der Waals surface area contributed by atoms with Gasteiger partial charge in [-0.05, 0) is 38.3 Å². The number of nitrogens with zero attached hydrogens (tertiary/aromatic N) is 1. The van der Waals surface area contributed by atoms with Gasteiger partial charge in [0, 0.05) is 6.61 Å². The zero-order valence-electron chi connectivity index (χ0n) is 10.3. The van der Waals surface area contributed by atoms with Crippen LogP contribution in [-0.2, 0) is 11.3 Å². The monoisotopic (exact) mass is 254 g/mol. The number of hydrogen-bond donors (Lipinski definition) is 1. The van der Waals surface area contributed by atoms with E-state index in [1.807, 2.05) is 0 Å². The van der Waals surface area contributed by atoms with E-state index < -0.39 is 4.92 Å². The highest BCUT2D eigenvalue weighted by molar-refractivity contribution is 5.17. The topological polar surface area (TPSA) is 77.5 Å². The molecule has 18 heavy (non-hydrogen) atoms. The van der Waals surface area contributed by atoms with Crippen molar-refractivity contribution in [1.82, 2.24) is 5.32 Å². The molecule has 0 amide bonds. The van der Waals surface area contributed by atoms with Crippen LogP contribution < -0.4 is 5.32 Å². The van der Waals surface area contributed by atoms with Crippen molar-refractivity contribution in [2.24, 2.45) is 0 Å². The molecular weight excluding hydrogens is 236 g/mol. The first-order valence-electron chi connectivity index (χ1n) is 6.31. The van der Waals surface area contributed by atoms with E-state index in [-0.39, 0.29) is 5.88 Å². The van der Waals surface area contributed by atoms with Gasteiger partial charge in [0.05, 0.1) is 18.7 Å². The minimum atomic E-state index is -0.528. The second kappa shape index (κ2) is 6.51. The Bertz CT molecular complexity index is 385. The summed E-state index contributed by atoms with van der Waals surface area (Å²) in [4.78, 5) is 9.90. The number of hydrogen-bond acceptors (Lipinski definition) is 5. The highest BCUT2D eigenvalue weighted by Crippen LogP contribution is 2.16. The van der Waals surface area contributed by atoms with E-state index in [9.17, 15) is 10.1 Å². The van der Waals surface area contributed by atoms with Crippen LogP contribution >= 0.6 is 0 Å². The second-order valence-electron chi connectivity index (χ2n) is 4.45. The molecule has 0 aromatic carbocycles. The first-order valence-corrected chi connectivity index (χ1v) is 6.31. The summed E-state index contributed by atoms with van der Waals surface area (Å²) < 4.78 is 10.7. The van der Waals surface area contributed by atoms with Gasteiger partial charge >= 0.3 is 5.88 Å². The van der Waals surface area contributed by atoms with Crippen molar-refractivity contribution < 1.29 is 14.1 Å². The average molecular weight is 254 g/mol. The van der Waals surface area contributed by atoms with Gasteiger partial charge in [0.25, 0.3) is 0 Å². The summed E-state index contributed by atoms with van der Waals surface area (Å²) in [6.07, 6.45) is 4.88. The third kappa shape index (κ3) is 3.82. The summed E-state index contributed by atoms with van der Waals surface area (Å²) in [5.74, 6) is 0.383. The Morgan fingerprint density at radius 1 is 1.44 bits per heavy atom. The standard InChI is InChI=1S/C12H18N2O4/c15-14(16)12-5-4-11(18-12)9-13-7-6-10-3-1-2-8-17-10/h4-5,10,13H,1-3,6-9H2. The first kappa shape index (κ1) is 13.0. The molecule has 1 N–H and O–H groups in total. The van der Waals surface area contributed by atoms with Crippen LogP contribution in [0, 0.1) is 10.1 Å². The Labute approximate surface area is 105 Å². The summed E-state index contributed by atoms with van der Waals surface area (Å²) in [5, 5.41) is 13.6.